The van der Waals surface area contributed by atoms with Crippen molar-refractivity contribution in [1.82, 2.24) is 9.62 Å². The van der Waals surface area contributed by atoms with Gasteiger partial charge in [0.05, 0.1) is 37.8 Å². The van der Waals surface area contributed by atoms with Crippen LogP contribution in [0.4, 0.5) is 0 Å². The van der Waals surface area contributed by atoms with E-state index < -0.39 is 15.9 Å². The second-order valence-corrected chi connectivity index (χ2v) is 8.48. The van der Waals surface area contributed by atoms with Gasteiger partial charge in [0.25, 0.3) is 0 Å². The lowest BCUT2D eigenvalue weighted by molar-refractivity contribution is -0.121. The molecule has 0 fully saturated rings. The molecule has 0 aliphatic rings. The number of ether oxygens (including phenoxy) is 3. The number of sulfonamides is 1. The van der Waals surface area contributed by atoms with Gasteiger partial charge in [0.1, 0.15) is 5.75 Å². The number of methoxy groups -OCH3 is 3. The Labute approximate surface area is 175 Å². The van der Waals surface area contributed by atoms with E-state index >= 15 is 0 Å². The maximum atomic E-state index is 12.7. The van der Waals surface area contributed by atoms with E-state index in [0.717, 1.165) is 9.87 Å². The van der Waals surface area contributed by atoms with Gasteiger partial charge in [0, 0.05) is 13.6 Å². The molecule has 0 bridgehead atoms. The number of carbonyl (C=O) groups excluding carboxylic acids is 1. The highest BCUT2D eigenvalue weighted by molar-refractivity contribution is 7.89. The summed E-state index contributed by atoms with van der Waals surface area (Å²) in [5, 5.41) is 2.85. The fourth-order valence-corrected chi connectivity index (χ4v) is 4.00. The Bertz CT molecular complexity index is 981. The third kappa shape index (κ3) is 5.53. The molecule has 0 aliphatic carbocycles. The lowest BCUT2D eigenvalue weighted by Gasteiger charge is -2.17. The summed E-state index contributed by atoms with van der Waals surface area (Å²) in [6.07, 6.45) is 0. The molecule has 0 atom stereocenters. The highest BCUT2D eigenvalue weighted by atomic mass is 35.5. The third-order valence-electron chi connectivity index (χ3n) is 4.14. The number of nitrogens with one attached hydrogen (secondary N) is 1. The van der Waals surface area contributed by atoms with Crippen LogP contribution < -0.4 is 19.5 Å². The summed E-state index contributed by atoms with van der Waals surface area (Å²) in [6.45, 7) is -0.138. The van der Waals surface area contributed by atoms with Crippen LogP contribution in [0.15, 0.2) is 41.3 Å². The molecular formula is C19H23ClN2O6S. The molecule has 8 nitrogen and oxygen atoms in total. The van der Waals surface area contributed by atoms with E-state index in [-0.39, 0.29) is 23.0 Å². The van der Waals surface area contributed by atoms with Gasteiger partial charge in [-0.05, 0) is 35.9 Å². The van der Waals surface area contributed by atoms with Crippen molar-refractivity contribution in [2.75, 3.05) is 34.9 Å². The maximum Gasteiger partial charge on any atom is 0.243 e. The Balaban J connectivity index is 2.02. The second kappa shape index (κ2) is 9.82. The van der Waals surface area contributed by atoms with Crippen molar-refractivity contribution in [3.05, 3.63) is 47.0 Å². The van der Waals surface area contributed by atoms with Crippen molar-refractivity contribution in [2.24, 2.45) is 0 Å². The summed E-state index contributed by atoms with van der Waals surface area (Å²) >= 11 is 6.00. The van der Waals surface area contributed by atoms with E-state index in [0.29, 0.717) is 17.2 Å². The highest BCUT2D eigenvalue weighted by Crippen LogP contribution is 2.28. The quantitative estimate of drug-likeness (QED) is 0.640. The Morgan fingerprint density at radius 1 is 1.00 bits per heavy atom. The van der Waals surface area contributed by atoms with Crippen molar-refractivity contribution in [3.63, 3.8) is 0 Å². The molecule has 0 spiro atoms. The number of amides is 1. The SMILES string of the molecule is COc1ccc(S(=O)(=O)N(C)CC(=O)NCc2ccc(OC)c(OC)c2)cc1Cl. The van der Waals surface area contributed by atoms with Gasteiger partial charge in [-0.15, -0.1) is 0 Å². The lowest BCUT2D eigenvalue weighted by Crippen LogP contribution is -2.38. The van der Waals surface area contributed by atoms with Crippen LogP contribution in [-0.4, -0.2) is 53.6 Å². The number of carbonyl (C=O) groups is 1. The summed E-state index contributed by atoms with van der Waals surface area (Å²) in [6, 6.07) is 9.36. The van der Waals surface area contributed by atoms with Crippen molar-refractivity contribution in [2.45, 2.75) is 11.4 Å². The predicted octanol–water partition coefficient (Wildman–Crippen LogP) is 2.30. The smallest absolute Gasteiger partial charge is 0.243 e. The third-order valence-corrected chi connectivity index (χ3v) is 6.23. The number of hydrogen-bond acceptors (Lipinski definition) is 6. The van der Waals surface area contributed by atoms with Crippen LogP contribution in [0.1, 0.15) is 5.56 Å². The zero-order chi connectivity index (χ0) is 21.6. The molecule has 1 amide bonds. The van der Waals surface area contributed by atoms with Crippen LogP contribution in [0.5, 0.6) is 17.2 Å². The number of nitrogens with zero attached hydrogens (tertiary/aromatic N) is 1. The molecule has 29 heavy (non-hydrogen) atoms. The zero-order valence-electron chi connectivity index (χ0n) is 16.6. The molecule has 2 aromatic carbocycles. The molecule has 0 heterocycles. The molecule has 1 N–H and O–H groups in total. The normalized spacial score (nSPS) is 11.2. The van der Waals surface area contributed by atoms with Crippen molar-refractivity contribution in [1.29, 1.82) is 0 Å². The van der Waals surface area contributed by atoms with Crippen LogP contribution in [0.3, 0.4) is 0 Å². The van der Waals surface area contributed by atoms with E-state index in [9.17, 15) is 13.2 Å². The fourth-order valence-electron chi connectivity index (χ4n) is 2.52. The Morgan fingerprint density at radius 2 is 1.62 bits per heavy atom. The average Bonchev–Trinajstić information content (AvgIpc) is 2.71. The standard InChI is InChI=1S/C19H23ClN2O6S/c1-22(29(24,25)14-6-8-16(26-2)15(20)10-14)12-19(23)21-11-13-5-7-17(27-3)18(9-13)28-4/h5-10H,11-12H2,1-4H3,(H,21,23). The number of likely N-dealkylation sites (N-methyl/N-ethyl adjacent to an activating group) is 1. The summed E-state index contributed by atoms with van der Waals surface area (Å²) in [5.41, 5.74) is 0.781. The van der Waals surface area contributed by atoms with Crippen LogP contribution in [0.25, 0.3) is 0 Å². The van der Waals surface area contributed by atoms with Gasteiger partial charge in [0.2, 0.25) is 15.9 Å². The molecule has 0 aromatic heterocycles. The van der Waals surface area contributed by atoms with Crippen molar-refractivity contribution >= 4 is 27.5 Å². The van der Waals surface area contributed by atoms with Gasteiger partial charge in [-0.25, -0.2) is 8.42 Å². The molecule has 0 radical (unpaired) electrons. The fraction of sp³-hybridized carbons (Fsp3) is 0.316. The first kappa shape index (κ1) is 22.8. The number of halogens is 1. The zero-order valence-corrected chi connectivity index (χ0v) is 18.1. The molecule has 0 saturated heterocycles. The Kier molecular flexibility index (Phi) is 7.72. The minimum atomic E-state index is -3.89. The molecule has 0 aliphatic heterocycles. The number of rotatable bonds is 9. The van der Waals surface area contributed by atoms with Crippen LogP contribution >= 0.6 is 11.6 Å². The molecular weight excluding hydrogens is 420 g/mol. The summed E-state index contributed by atoms with van der Waals surface area (Å²) in [5.74, 6) is 1.02. The van der Waals surface area contributed by atoms with E-state index in [2.05, 4.69) is 5.32 Å². The number of hydrogen-bond donors (Lipinski definition) is 1. The summed E-state index contributed by atoms with van der Waals surface area (Å²) in [4.78, 5) is 12.2. The lowest BCUT2D eigenvalue weighted by atomic mass is 10.2. The van der Waals surface area contributed by atoms with Crippen LogP contribution in [0, 0.1) is 0 Å². The first-order chi connectivity index (χ1) is 13.7. The van der Waals surface area contributed by atoms with E-state index in [1.165, 1.54) is 46.6 Å². The molecule has 10 heteroatoms. The van der Waals surface area contributed by atoms with Crippen LogP contribution in [0.2, 0.25) is 5.02 Å². The minimum absolute atomic E-state index is 0.0292. The predicted molar refractivity (Wildman–Crippen MR) is 109 cm³/mol. The van der Waals surface area contributed by atoms with Gasteiger partial charge < -0.3 is 19.5 Å². The Morgan fingerprint density at radius 3 is 2.21 bits per heavy atom. The van der Waals surface area contributed by atoms with Gasteiger partial charge >= 0.3 is 0 Å². The van der Waals surface area contributed by atoms with E-state index in [1.807, 2.05) is 0 Å². The molecule has 2 rings (SSSR count). The monoisotopic (exact) mass is 442 g/mol. The molecule has 2 aromatic rings. The maximum absolute atomic E-state index is 12.7. The van der Waals surface area contributed by atoms with Gasteiger partial charge in [-0.3, -0.25) is 4.79 Å². The first-order valence-corrected chi connectivity index (χ1v) is 10.3. The van der Waals surface area contributed by atoms with Crippen LogP contribution in [-0.2, 0) is 21.4 Å². The molecule has 158 valence electrons. The minimum Gasteiger partial charge on any atom is -0.495 e. The van der Waals surface area contributed by atoms with Gasteiger partial charge in [-0.1, -0.05) is 17.7 Å². The van der Waals surface area contributed by atoms with Crippen molar-refractivity contribution in [3.8, 4) is 17.2 Å². The highest BCUT2D eigenvalue weighted by Gasteiger charge is 2.24. The van der Waals surface area contributed by atoms with Crippen molar-refractivity contribution < 1.29 is 27.4 Å². The first-order valence-electron chi connectivity index (χ1n) is 8.50. The topological polar surface area (TPSA) is 94.2 Å². The van der Waals surface area contributed by atoms with E-state index in [4.69, 9.17) is 25.8 Å². The largest absolute Gasteiger partial charge is 0.495 e. The molecule has 0 unspecified atom stereocenters. The number of benzene rings is 2. The summed E-state index contributed by atoms with van der Waals surface area (Å²) in [7, 11) is 1.92. The average molecular weight is 443 g/mol. The summed E-state index contributed by atoms with van der Waals surface area (Å²) < 4.78 is 41.7. The molecule has 0 saturated carbocycles. The van der Waals surface area contributed by atoms with E-state index in [1.54, 1.807) is 18.2 Å². The second-order valence-electron chi connectivity index (χ2n) is 6.02. The Hall–Kier alpha value is -2.49. The van der Waals surface area contributed by atoms with Gasteiger partial charge in [-0.2, -0.15) is 4.31 Å². The van der Waals surface area contributed by atoms with Gasteiger partial charge in [0.15, 0.2) is 11.5 Å².